The number of fused-ring (bicyclic) bond motifs is 1. The van der Waals surface area contributed by atoms with Gasteiger partial charge in [0, 0.05) is 11.0 Å². The van der Waals surface area contributed by atoms with Gasteiger partial charge in [0.15, 0.2) is 0 Å². The Labute approximate surface area is 113 Å². The van der Waals surface area contributed by atoms with E-state index in [0.29, 0.717) is 30.9 Å². The second-order valence-electron chi connectivity index (χ2n) is 3.85. The fourth-order valence-electron chi connectivity index (χ4n) is 1.81. The lowest BCUT2D eigenvalue weighted by Crippen LogP contribution is -2.33. The largest absolute Gasteiger partial charge is 0.378 e. The SMILES string of the molecule is NCCOCCN1C(=O)c2ccc(Br)cc2C1=O. The summed E-state index contributed by atoms with van der Waals surface area (Å²) in [6.45, 7) is 1.41. The summed E-state index contributed by atoms with van der Waals surface area (Å²) < 4.78 is 5.96. The number of hydrogen-bond acceptors (Lipinski definition) is 4. The van der Waals surface area contributed by atoms with Gasteiger partial charge in [-0.15, -0.1) is 0 Å². The number of carbonyl (C=O) groups excluding carboxylic acids is 2. The van der Waals surface area contributed by atoms with E-state index in [2.05, 4.69) is 15.9 Å². The highest BCUT2D eigenvalue weighted by atomic mass is 79.9. The molecule has 0 aliphatic carbocycles. The molecule has 0 unspecified atom stereocenters. The molecule has 2 N–H and O–H groups in total. The van der Waals surface area contributed by atoms with Crippen molar-refractivity contribution >= 4 is 27.7 Å². The number of carbonyl (C=O) groups is 2. The third kappa shape index (κ3) is 2.45. The van der Waals surface area contributed by atoms with Crippen molar-refractivity contribution in [2.24, 2.45) is 5.73 Å². The maximum atomic E-state index is 12.0. The highest BCUT2D eigenvalue weighted by Gasteiger charge is 2.35. The lowest BCUT2D eigenvalue weighted by molar-refractivity contribution is 0.0570. The molecule has 1 aromatic carbocycles. The number of halogens is 1. The number of benzene rings is 1. The van der Waals surface area contributed by atoms with Crippen molar-refractivity contribution < 1.29 is 14.3 Å². The van der Waals surface area contributed by atoms with Gasteiger partial charge in [-0.3, -0.25) is 14.5 Å². The highest BCUT2D eigenvalue weighted by molar-refractivity contribution is 9.10. The molecule has 96 valence electrons. The Hall–Kier alpha value is -1.24. The summed E-state index contributed by atoms with van der Waals surface area (Å²) in [5.41, 5.74) is 6.17. The summed E-state index contributed by atoms with van der Waals surface area (Å²) in [6, 6.07) is 5.06. The number of rotatable bonds is 5. The van der Waals surface area contributed by atoms with Crippen molar-refractivity contribution in [1.82, 2.24) is 4.90 Å². The normalized spacial score (nSPS) is 14.2. The van der Waals surface area contributed by atoms with Crippen molar-refractivity contribution in [3.63, 3.8) is 0 Å². The molecule has 1 aliphatic heterocycles. The van der Waals surface area contributed by atoms with Crippen LogP contribution < -0.4 is 5.73 Å². The van der Waals surface area contributed by atoms with E-state index >= 15 is 0 Å². The standard InChI is InChI=1S/C12H13BrN2O3/c13-8-1-2-9-10(7-8)12(17)15(11(9)16)4-6-18-5-3-14/h1-2,7H,3-6,14H2. The van der Waals surface area contributed by atoms with E-state index in [9.17, 15) is 9.59 Å². The van der Waals surface area contributed by atoms with E-state index in [1.54, 1.807) is 18.2 Å². The number of imide groups is 1. The van der Waals surface area contributed by atoms with Gasteiger partial charge in [-0.1, -0.05) is 15.9 Å². The van der Waals surface area contributed by atoms with E-state index < -0.39 is 0 Å². The van der Waals surface area contributed by atoms with Crippen LogP contribution >= 0.6 is 15.9 Å². The molecule has 1 heterocycles. The van der Waals surface area contributed by atoms with Gasteiger partial charge in [-0.2, -0.15) is 0 Å². The Morgan fingerprint density at radius 2 is 1.89 bits per heavy atom. The Bertz CT molecular complexity index is 490. The molecule has 0 saturated heterocycles. The summed E-state index contributed by atoms with van der Waals surface area (Å²) in [5.74, 6) is -0.536. The molecule has 2 amide bonds. The Morgan fingerprint density at radius 3 is 2.61 bits per heavy atom. The van der Waals surface area contributed by atoms with Crippen LogP contribution in [0.25, 0.3) is 0 Å². The van der Waals surface area contributed by atoms with Crippen molar-refractivity contribution in [3.05, 3.63) is 33.8 Å². The van der Waals surface area contributed by atoms with Gasteiger partial charge in [0.25, 0.3) is 11.8 Å². The zero-order valence-corrected chi connectivity index (χ0v) is 11.3. The molecule has 0 bridgehead atoms. The Morgan fingerprint density at radius 1 is 1.17 bits per heavy atom. The molecule has 2 rings (SSSR count). The first kappa shape index (κ1) is 13.2. The van der Waals surface area contributed by atoms with Crippen LogP contribution in [0.2, 0.25) is 0 Å². The average Bonchev–Trinajstić information content (AvgIpc) is 2.59. The van der Waals surface area contributed by atoms with Crippen LogP contribution in [-0.2, 0) is 4.74 Å². The van der Waals surface area contributed by atoms with E-state index in [1.807, 2.05) is 0 Å². The minimum Gasteiger partial charge on any atom is -0.378 e. The number of ether oxygens (including phenoxy) is 1. The van der Waals surface area contributed by atoms with Crippen LogP contribution in [0.15, 0.2) is 22.7 Å². The first-order valence-electron chi connectivity index (χ1n) is 5.58. The second-order valence-corrected chi connectivity index (χ2v) is 4.77. The highest BCUT2D eigenvalue weighted by Crippen LogP contribution is 2.25. The predicted molar refractivity (Wildman–Crippen MR) is 69.4 cm³/mol. The predicted octanol–water partition coefficient (Wildman–Crippen LogP) is 1.02. The van der Waals surface area contributed by atoms with E-state index in [-0.39, 0.29) is 18.4 Å². The summed E-state index contributed by atoms with van der Waals surface area (Å²) in [7, 11) is 0. The minimum absolute atomic E-state index is 0.254. The molecule has 1 aromatic rings. The molecule has 5 nitrogen and oxygen atoms in total. The van der Waals surface area contributed by atoms with Crippen LogP contribution in [-0.4, -0.2) is 43.0 Å². The smallest absolute Gasteiger partial charge is 0.261 e. The van der Waals surface area contributed by atoms with E-state index in [0.717, 1.165) is 4.47 Å². The molecule has 0 fully saturated rings. The molecule has 0 aromatic heterocycles. The fraction of sp³-hybridized carbons (Fsp3) is 0.333. The van der Waals surface area contributed by atoms with Crippen LogP contribution in [0.5, 0.6) is 0 Å². The van der Waals surface area contributed by atoms with Crippen LogP contribution in [0.4, 0.5) is 0 Å². The quantitative estimate of drug-likeness (QED) is 0.651. The lowest BCUT2D eigenvalue weighted by Gasteiger charge is -2.13. The first-order chi connectivity index (χ1) is 8.65. The molecule has 0 radical (unpaired) electrons. The molecule has 0 spiro atoms. The minimum atomic E-state index is -0.271. The summed E-state index contributed by atoms with van der Waals surface area (Å²) >= 11 is 3.28. The molecular weight excluding hydrogens is 300 g/mol. The number of amides is 2. The molecule has 18 heavy (non-hydrogen) atoms. The van der Waals surface area contributed by atoms with Crippen LogP contribution in [0.1, 0.15) is 20.7 Å². The van der Waals surface area contributed by atoms with E-state index in [1.165, 1.54) is 4.90 Å². The third-order valence-corrected chi connectivity index (χ3v) is 3.15. The number of nitrogens with zero attached hydrogens (tertiary/aromatic N) is 1. The van der Waals surface area contributed by atoms with E-state index in [4.69, 9.17) is 10.5 Å². The molecule has 6 heteroatoms. The summed E-state index contributed by atoms with van der Waals surface area (Å²) in [6.07, 6.45) is 0. The van der Waals surface area contributed by atoms with Gasteiger partial charge in [0.2, 0.25) is 0 Å². The van der Waals surface area contributed by atoms with Gasteiger partial charge in [0.05, 0.1) is 30.9 Å². The Balaban J connectivity index is 2.08. The molecule has 0 atom stereocenters. The topological polar surface area (TPSA) is 72.6 Å². The van der Waals surface area contributed by atoms with Crippen molar-refractivity contribution in [2.45, 2.75) is 0 Å². The summed E-state index contributed by atoms with van der Waals surface area (Å²) in [4.78, 5) is 25.2. The van der Waals surface area contributed by atoms with Gasteiger partial charge >= 0.3 is 0 Å². The van der Waals surface area contributed by atoms with Crippen molar-refractivity contribution in [3.8, 4) is 0 Å². The second kappa shape index (κ2) is 5.60. The average molecular weight is 313 g/mol. The van der Waals surface area contributed by atoms with Gasteiger partial charge in [0.1, 0.15) is 0 Å². The van der Waals surface area contributed by atoms with Gasteiger partial charge in [-0.05, 0) is 18.2 Å². The number of nitrogens with two attached hydrogens (primary N) is 1. The molecule has 1 aliphatic rings. The first-order valence-corrected chi connectivity index (χ1v) is 6.38. The van der Waals surface area contributed by atoms with Crippen LogP contribution in [0.3, 0.4) is 0 Å². The van der Waals surface area contributed by atoms with Crippen LogP contribution in [0, 0.1) is 0 Å². The third-order valence-electron chi connectivity index (χ3n) is 2.65. The number of hydrogen-bond donors (Lipinski definition) is 1. The van der Waals surface area contributed by atoms with Crippen molar-refractivity contribution in [1.29, 1.82) is 0 Å². The maximum absolute atomic E-state index is 12.0. The van der Waals surface area contributed by atoms with Crippen molar-refractivity contribution in [2.75, 3.05) is 26.3 Å². The zero-order chi connectivity index (χ0) is 13.1. The lowest BCUT2D eigenvalue weighted by atomic mass is 10.1. The van der Waals surface area contributed by atoms with Gasteiger partial charge in [-0.25, -0.2) is 0 Å². The Kier molecular flexibility index (Phi) is 4.11. The monoisotopic (exact) mass is 312 g/mol. The maximum Gasteiger partial charge on any atom is 0.261 e. The van der Waals surface area contributed by atoms with Gasteiger partial charge < -0.3 is 10.5 Å². The fourth-order valence-corrected chi connectivity index (χ4v) is 2.17. The molecule has 0 saturated carbocycles. The zero-order valence-electron chi connectivity index (χ0n) is 9.69. The molecular formula is C12H13BrN2O3. The summed E-state index contributed by atoms with van der Waals surface area (Å²) in [5, 5.41) is 0.